The van der Waals surface area contributed by atoms with E-state index in [2.05, 4.69) is 27.3 Å². The van der Waals surface area contributed by atoms with Gasteiger partial charge in [0.05, 0.1) is 12.1 Å². The van der Waals surface area contributed by atoms with Crippen LogP contribution in [-0.2, 0) is 11.3 Å². The van der Waals surface area contributed by atoms with Crippen LogP contribution in [0.25, 0.3) is 6.08 Å². The maximum Gasteiger partial charge on any atom is 0.328 e. The smallest absolute Gasteiger partial charge is 0.328 e. The summed E-state index contributed by atoms with van der Waals surface area (Å²) in [6.07, 6.45) is 6.18. The third-order valence-electron chi connectivity index (χ3n) is 4.77. The van der Waals surface area contributed by atoms with Gasteiger partial charge in [0.25, 0.3) is 0 Å². The molecule has 1 aliphatic heterocycles. The number of halogens is 1. The van der Waals surface area contributed by atoms with Gasteiger partial charge < -0.3 is 15.2 Å². The van der Waals surface area contributed by atoms with Crippen molar-refractivity contribution in [3.8, 4) is 5.75 Å². The number of anilines is 1. The number of piperidine rings is 1. The van der Waals surface area contributed by atoms with Crippen molar-refractivity contribution in [2.45, 2.75) is 25.4 Å². The highest BCUT2D eigenvalue weighted by Crippen LogP contribution is 2.24. The molecule has 148 valence electrons. The number of aliphatic carboxylic acids is 1. The summed E-state index contributed by atoms with van der Waals surface area (Å²) in [5, 5.41) is 12.6. The van der Waals surface area contributed by atoms with Crippen molar-refractivity contribution >= 4 is 29.5 Å². The van der Waals surface area contributed by atoms with Gasteiger partial charge >= 0.3 is 5.97 Å². The van der Waals surface area contributed by atoms with E-state index in [0.717, 1.165) is 44.3 Å². The fourth-order valence-corrected chi connectivity index (χ4v) is 3.46. The normalized spacial score (nSPS) is 15.6. The number of nitrogens with one attached hydrogen (secondary N) is 1. The van der Waals surface area contributed by atoms with E-state index >= 15 is 0 Å². The topological polar surface area (TPSA) is 74.7 Å². The molecule has 1 saturated heterocycles. The molecular formula is C21H24ClN3O3. The summed E-state index contributed by atoms with van der Waals surface area (Å²) >= 11 is 6.30. The molecule has 1 aromatic carbocycles. The van der Waals surface area contributed by atoms with Gasteiger partial charge in [-0.2, -0.15) is 0 Å². The molecule has 0 bridgehead atoms. The predicted octanol–water partition coefficient (Wildman–Crippen LogP) is 3.92. The van der Waals surface area contributed by atoms with Gasteiger partial charge in [-0.25, -0.2) is 9.78 Å². The minimum absolute atomic E-state index is 0.317. The summed E-state index contributed by atoms with van der Waals surface area (Å²) in [7, 11) is 1.67. The van der Waals surface area contributed by atoms with Crippen LogP contribution in [0.2, 0.25) is 5.02 Å². The summed E-state index contributed by atoms with van der Waals surface area (Å²) < 4.78 is 5.20. The minimum Gasteiger partial charge on any atom is -0.497 e. The van der Waals surface area contributed by atoms with E-state index in [1.807, 2.05) is 12.1 Å². The first-order valence-corrected chi connectivity index (χ1v) is 9.59. The van der Waals surface area contributed by atoms with Crippen molar-refractivity contribution in [1.82, 2.24) is 9.88 Å². The molecule has 2 aromatic rings. The van der Waals surface area contributed by atoms with E-state index in [1.54, 1.807) is 19.4 Å². The van der Waals surface area contributed by atoms with Crippen molar-refractivity contribution in [1.29, 1.82) is 0 Å². The maximum absolute atomic E-state index is 10.6. The number of carboxylic acids is 1. The van der Waals surface area contributed by atoms with Gasteiger partial charge in [-0.3, -0.25) is 4.90 Å². The molecule has 7 heteroatoms. The number of ether oxygens (including phenoxy) is 1. The van der Waals surface area contributed by atoms with Crippen LogP contribution in [0.5, 0.6) is 5.75 Å². The molecule has 1 aromatic heterocycles. The van der Waals surface area contributed by atoms with Crippen molar-refractivity contribution in [3.63, 3.8) is 0 Å². The monoisotopic (exact) mass is 401 g/mol. The molecule has 0 spiro atoms. The first-order valence-electron chi connectivity index (χ1n) is 9.22. The zero-order chi connectivity index (χ0) is 19.9. The van der Waals surface area contributed by atoms with Crippen molar-refractivity contribution in [2.75, 3.05) is 25.5 Å². The largest absolute Gasteiger partial charge is 0.497 e. The summed E-state index contributed by atoms with van der Waals surface area (Å²) in [6, 6.07) is 10.2. The predicted molar refractivity (Wildman–Crippen MR) is 111 cm³/mol. The van der Waals surface area contributed by atoms with Gasteiger partial charge in [0.15, 0.2) is 0 Å². The van der Waals surface area contributed by atoms with E-state index in [0.29, 0.717) is 22.4 Å². The Kier molecular flexibility index (Phi) is 6.90. The van der Waals surface area contributed by atoms with Gasteiger partial charge in [0.2, 0.25) is 0 Å². The van der Waals surface area contributed by atoms with E-state index in [-0.39, 0.29) is 0 Å². The van der Waals surface area contributed by atoms with Crippen LogP contribution in [0.3, 0.4) is 0 Å². The second-order valence-corrected chi connectivity index (χ2v) is 7.22. The average Bonchev–Trinajstić information content (AvgIpc) is 2.70. The van der Waals surface area contributed by atoms with Gasteiger partial charge in [-0.15, -0.1) is 0 Å². The van der Waals surface area contributed by atoms with Crippen LogP contribution in [-0.4, -0.2) is 47.2 Å². The molecule has 2 N–H and O–H groups in total. The molecule has 0 atom stereocenters. The summed E-state index contributed by atoms with van der Waals surface area (Å²) in [5.41, 5.74) is 1.94. The number of pyridine rings is 1. The highest BCUT2D eigenvalue weighted by molar-refractivity contribution is 6.33. The molecule has 6 nitrogen and oxygen atoms in total. The molecule has 0 saturated carbocycles. The molecule has 2 heterocycles. The second kappa shape index (κ2) is 9.57. The Bertz CT molecular complexity index is 831. The SMILES string of the molecule is COc1ccc(CN2CCC(Nc3ncc(C=CC(=O)O)cc3Cl)CC2)cc1. The van der Waals surface area contributed by atoms with Crippen LogP contribution in [0.1, 0.15) is 24.0 Å². The van der Waals surface area contributed by atoms with Crippen LogP contribution < -0.4 is 10.1 Å². The standard InChI is InChI=1S/C21H24ClN3O3/c1-28-18-5-2-15(3-6-18)14-25-10-8-17(9-11-25)24-21-19(22)12-16(13-23-21)4-7-20(26)27/h2-7,12-13,17H,8-11,14H2,1H3,(H,23,24)(H,26,27). The quantitative estimate of drug-likeness (QED) is 0.685. The van der Waals surface area contributed by atoms with E-state index in [1.165, 1.54) is 11.6 Å². The summed E-state index contributed by atoms with van der Waals surface area (Å²) in [5.74, 6) is 0.517. The molecule has 1 fully saturated rings. The zero-order valence-electron chi connectivity index (χ0n) is 15.8. The summed E-state index contributed by atoms with van der Waals surface area (Å²) in [6.45, 7) is 2.93. The Morgan fingerprint density at radius 3 is 2.68 bits per heavy atom. The fraction of sp³-hybridized carbons (Fsp3) is 0.333. The lowest BCUT2D eigenvalue weighted by Gasteiger charge is -2.32. The molecule has 3 rings (SSSR count). The highest BCUT2D eigenvalue weighted by Gasteiger charge is 2.20. The van der Waals surface area contributed by atoms with Crippen LogP contribution in [0.4, 0.5) is 5.82 Å². The number of likely N-dealkylation sites (tertiary alicyclic amines) is 1. The summed E-state index contributed by atoms with van der Waals surface area (Å²) in [4.78, 5) is 17.4. The van der Waals surface area contributed by atoms with Gasteiger partial charge in [0, 0.05) is 37.9 Å². The fourth-order valence-electron chi connectivity index (χ4n) is 3.24. The average molecular weight is 402 g/mol. The Hall–Kier alpha value is -2.57. The maximum atomic E-state index is 10.6. The first kappa shape index (κ1) is 20.2. The van der Waals surface area contributed by atoms with Crippen molar-refractivity contribution < 1.29 is 14.6 Å². The lowest BCUT2D eigenvalue weighted by atomic mass is 10.0. The zero-order valence-corrected chi connectivity index (χ0v) is 16.5. The number of hydrogen-bond donors (Lipinski definition) is 2. The minimum atomic E-state index is -1.00. The van der Waals surface area contributed by atoms with Crippen LogP contribution in [0.15, 0.2) is 42.6 Å². The lowest BCUT2D eigenvalue weighted by molar-refractivity contribution is -0.131. The van der Waals surface area contributed by atoms with Crippen LogP contribution in [0, 0.1) is 0 Å². The molecule has 0 unspecified atom stereocenters. The molecule has 0 radical (unpaired) electrons. The van der Waals surface area contributed by atoms with E-state index in [4.69, 9.17) is 21.4 Å². The third-order valence-corrected chi connectivity index (χ3v) is 5.06. The van der Waals surface area contributed by atoms with Crippen molar-refractivity contribution in [3.05, 3.63) is 58.8 Å². The number of carbonyl (C=O) groups is 1. The number of aromatic nitrogens is 1. The molecule has 28 heavy (non-hydrogen) atoms. The number of methoxy groups -OCH3 is 1. The molecule has 0 amide bonds. The van der Waals surface area contributed by atoms with E-state index < -0.39 is 5.97 Å². The van der Waals surface area contributed by atoms with Crippen LogP contribution >= 0.6 is 11.6 Å². The number of rotatable bonds is 7. The van der Waals surface area contributed by atoms with Gasteiger partial charge in [0.1, 0.15) is 11.6 Å². The Morgan fingerprint density at radius 1 is 1.36 bits per heavy atom. The number of hydrogen-bond acceptors (Lipinski definition) is 5. The Labute approximate surface area is 169 Å². The van der Waals surface area contributed by atoms with Gasteiger partial charge in [-0.1, -0.05) is 23.7 Å². The Morgan fingerprint density at radius 2 is 2.07 bits per heavy atom. The van der Waals surface area contributed by atoms with Crippen molar-refractivity contribution in [2.24, 2.45) is 0 Å². The highest BCUT2D eigenvalue weighted by atomic mass is 35.5. The molecular weight excluding hydrogens is 378 g/mol. The number of benzene rings is 1. The second-order valence-electron chi connectivity index (χ2n) is 6.81. The van der Waals surface area contributed by atoms with Gasteiger partial charge in [-0.05, 0) is 48.2 Å². The number of carboxylic acid groups (broad SMARTS) is 1. The van der Waals surface area contributed by atoms with E-state index in [9.17, 15) is 4.79 Å². The Balaban J connectivity index is 1.50. The number of nitrogens with zero attached hydrogens (tertiary/aromatic N) is 2. The molecule has 1 aliphatic rings. The molecule has 0 aliphatic carbocycles. The lowest BCUT2D eigenvalue weighted by Crippen LogP contribution is -2.38. The first-order chi connectivity index (χ1) is 13.5. The third kappa shape index (κ3) is 5.71.